The monoisotopic (exact) mass is 131 g/mol. The molecule has 0 aromatic rings. The molecular formula is C8H16F. The highest BCUT2D eigenvalue weighted by Crippen LogP contribution is 2.05. The molecule has 0 saturated heterocycles. The van der Waals surface area contributed by atoms with Crippen LogP contribution >= 0.6 is 0 Å². The van der Waals surface area contributed by atoms with Gasteiger partial charge >= 0.3 is 0 Å². The third-order valence-corrected chi connectivity index (χ3v) is 1.42. The first-order valence-electron chi connectivity index (χ1n) is 3.83. The van der Waals surface area contributed by atoms with Crippen LogP contribution in [-0.4, -0.2) is 0 Å². The van der Waals surface area contributed by atoms with Crippen LogP contribution in [0.3, 0.4) is 0 Å². The van der Waals surface area contributed by atoms with Gasteiger partial charge in [-0.3, -0.25) is 0 Å². The Hall–Kier alpha value is -0.0700. The van der Waals surface area contributed by atoms with Crippen LogP contribution in [0.5, 0.6) is 0 Å². The topological polar surface area (TPSA) is 0 Å². The van der Waals surface area contributed by atoms with Crippen molar-refractivity contribution in [2.75, 3.05) is 0 Å². The molecule has 0 heterocycles. The summed E-state index contributed by atoms with van der Waals surface area (Å²) in [4.78, 5) is 0. The van der Waals surface area contributed by atoms with Gasteiger partial charge in [-0.1, -0.05) is 39.0 Å². The highest BCUT2D eigenvalue weighted by atomic mass is 19.1. The van der Waals surface area contributed by atoms with Crippen molar-refractivity contribution in [1.82, 2.24) is 0 Å². The SMILES string of the molecule is CCCCCCC[CH]F. The Labute approximate surface area is 57.5 Å². The minimum atomic E-state index is 0.643. The molecule has 0 aliphatic carbocycles. The number of hydrogen-bond donors (Lipinski definition) is 0. The smallest absolute Gasteiger partial charge is 0.131 e. The van der Waals surface area contributed by atoms with E-state index in [1.807, 2.05) is 0 Å². The largest absolute Gasteiger partial charge is 0.244 e. The maximum Gasteiger partial charge on any atom is 0.131 e. The van der Waals surface area contributed by atoms with Gasteiger partial charge in [-0.15, -0.1) is 0 Å². The van der Waals surface area contributed by atoms with Crippen molar-refractivity contribution < 1.29 is 4.39 Å². The van der Waals surface area contributed by atoms with Gasteiger partial charge in [0.2, 0.25) is 0 Å². The Morgan fingerprint density at radius 3 is 2.33 bits per heavy atom. The fraction of sp³-hybridized carbons (Fsp3) is 0.875. The lowest BCUT2D eigenvalue weighted by Gasteiger charge is -1.94. The quantitative estimate of drug-likeness (QED) is 0.484. The van der Waals surface area contributed by atoms with Gasteiger partial charge < -0.3 is 0 Å². The van der Waals surface area contributed by atoms with Crippen LogP contribution in [-0.2, 0) is 0 Å². The van der Waals surface area contributed by atoms with Crippen molar-refractivity contribution in [1.29, 1.82) is 0 Å². The van der Waals surface area contributed by atoms with Crippen molar-refractivity contribution in [3.63, 3.8) is 0 Å². The lowest BCUT2D eigenvalue weighted by molar-refractivity contribution is 0.536. The molecule has 1 radical (unpaired) electrons. The Bertz CT molecular complexity index is 37.8. The highest BCUT2D eigenvalue weighted by Gasteiger charge is 1.87. The third-order valence-electron chi connectivity index (χ3n) is 1.42. The predicted molar refractivity (Wildman–Crippen MR) is 38.8 cm³/mol. The molecule has 0 aliphatic heterocycles. The molecule has 0 rings (SSSR count). The molecule has 55 valence electrons. The maximum atomic E-state index is 11.4. The first-order chi connectivity index (χ1) is 4.41. The van der Waals surface area contributed by atoms with Crippen molar-refractivity contribution in [2.24, 2.45) is 0 Å². The average molecular weight is 131 g/mol. The molecule has 0 fully saturated rings. The first kappa shape index (κ1) is 8.93. The second kappa shape index (κ2) is 7.93. The Morgan fingerprint density at radius 1 is 1.11 bits per heavy atom. The number of rotatable bonds is 6. The molecule has 0 unspecified atom stereocenters. The molecule has 0 nitrogen and oxygen atoms in total. The van der Waals surface area contributed by atoms with Gasteiger partial charge in [0.1, 0.15) is 6.67 Å². The third kappa shape index (κ3) is 7.93. The van der Waals surface area contributed by atoms with Crippen LogP contribution < -0.4 is 0 Å². The minimum absolute atomic E-state index is 0.643. The molecular weight excluding hydrogens is 115 g/mol. The molecule has 0 atom stereocenters. The Kier molecular flexibility index (Phi) is 7.87. The highest BCUT2D eigenvalue weighted by molar-refractivity contribution is 4.48. The summed E-state index contributed by atoms with van der Waals surface area (Å²) in [6.45, 7) is 2.94. The van der Waals surface area contributed by atoms with E-state index in [0.29, 0.717) is 6.42 Å². The Morgan fingerprint density at radius 2 is 1.78 bits per heavy atom. The van der Waals surface area contributed by atoms with E-state index in [4.69, 9.17) is 0 Å². The van der Waals surface area contributed by atoms with Crippen LogP contribution in [0.15, 0.2) is 0 Å². The summed E-state index contributed by atoms with van der Waals surface area (Å²) in [6, 6.07) is 0. The van der Waals surface area contributed by atoms with Crippen LogP contribution in [0, 0.1) is 6.67 Å². The number of unbranched alkanes of at least 4 members (excludes halogenated alkanes) is 5. The van der Waals surface area contributed by atoms with Gasteiger partial charge in [0, 0.05) is 0 Å². The summed E-state index contributed by atoms with van der Waals surface area (Å²) in [6.07, 6.45) is 6.68. The predicted octanol–water partition coefficient (Wildman–Crippen LogP) is 3.48. The van der Waals surface area contributed by atoms with Crippen LogP contribution in [0.2, 0.25) is 0 Å². The summed E-state index contributed by atoms with van der Waals surface area (Å²) in [7, 11) is 0. The van der Waals surface area contributed by atoms with E-state index < -0.39 is 0 Å². The zero-order valence-electron chi connectivity index (χ0n) is 6.20. The van der Waals surface area contributed by atoms with Crippen LogP contribution in [0.4, 0.5) is 4.39 Å². The molecule has 0 aliphatic rings. The summed E-state index contributed by atoms with van der Waals surface area (Å²) >= 11 is 0. The van der Waals surface area contributed by atoms with E-state index in [9.17, 15) is 4.39 Å². The standard InChI is InChI=1S/C8H16F/c1-2-3-4-5-6-7-8-9/h8H,2-7H2,1H3. The van der Waals surface area contributed by atoms with Crippen LogP contribution in [0.25, 0.3) is 0 Å². The zero-order valence-corrected chi connectivity index (χ0v) is 6.20. The maximum absolute atomic E-state index is 11.4. The van der Waals surface area contributed by atoms with E-state index in [0.717, 1.165) is 13.1 Å². The molecule has 0 aromatic carbocycles. The molecule has 0 aromatic heterocycles. The van der Waals surface area contributed by atoms with Gasteiger partial charge in [-0.25, -0.2) is 4.39 Å². The van der Waals surface area contributed by atoms with E-state index in [2.05, 4.69) is 6.92 Å². The van der Waals surface area contributed by atoms with E-state index in [-0.39, 0.29) is 0 Å². The van der Waals surface area contributed by atoms with Crippen molar-refractivity contribution >= 4 is 0 Å². The van der Waals surface area contributed by atoms with Crippen LogP contribution in [0.1, 0.15) is 45.4 Å². The summed E-state index contributed by atoms with van der Waals surface area (Å²) in [5, 5.41) is 0. The second-order valence-corrected chi connectivity index (χ2v) is 2.36. The van der Waals surface area contributed by atoms with E-state index >= 15 is 0 Å². The van der Waals surface area contributed by atoms with Gasteiger partial charge in [0.15, 0.2) is 0 Å². The Balaban J connectivity index is 2.60. The second-order valence-electron chi connectivity index (χ2n) is 2.36. The molecule has 0 saturated carbocycles. The molecule has 1 heteroatoms. The molecule has 0 spiro atoms. The van der Waals surface area contributed by atoms with Gasteiger partial charge in [0.05, 0.1) is 0 Å². The van der Waals surface area contributed by atoms with Gasteiger partial charge in [-0.2, -0.15) is 0 Å². The average Bonchev–Trinajstić information content (AvgIpc) is 1.89. The van der Waals surface area contributed by atoms with Gasteiger partial charge in [0.25, 0.3) is 0 Å². The minimum Gasteiger partial charge on any atom is -0.244 e. The van der Waals surface area contributed by atoms with E-state index in [1.165, 1.54) is 25.7 Å². The molecule has 0 amide bonds. The first-order valence-corrected chi connectivity index (χ1v) is 3.83. The molecule has 0 N–H and O–H groups in total. The lowest BCUT2D eigenvalue weighted by Crippen LogP contribution is -1.76. The molecule has 9 heavy (non-hydrogen) atoms. The fourth-order valence-electron chi connectivity index (χ4n) is 0.825. The molecule has 0 bridgehead atoms. The number of hydrogen-bond acceptors (Lipinski definition) is 0. The van der Waals surface area contributed by atoms with Crippen molar-refractivity contribution in [3.05, 3.63) is 6.67 Å². The zero-order chi connectivity index (χ0) is 6.95. The van der Waals surface area contributed by atoms with Gasteiger partial charge in [-0.05, 0) is 6.42 Å². The summed E-state index contributed by atoms with van der Waals surface area (Å²) in [5.74, 6) is 0. The van der Waals surface area contributed by atoms with E-state index in [1.54, 1.807) is 0 Å². The lowest BCUT2D eigenvalue weighted by atomic mass is 10.1. The normalized spacial score (nSPS) is 10.0. The summed E-state index contributed by atoms with van der Waals surface area (Å²) in [5.41, 5.74) is 0. The summed E-state index contributed by atoms with van der Waals surface area (Å²) < 4.78 is 11.4. The van der Waals surface area contributed by atoms with Crippen molar-refractivity contribution in [3.8, 4) is 0 Å². The van der Waals surface area contributed by atoms with Crippen molar-refractivity contribution in [2.45, 2.75) is 45.4 Å². The fourth-order valence-corrected chi connectivity index (χ4v) is 0.825. The number of halogens is 1.